The molecule has 0 bridgehead atoms. The van der Waals surface area contributed by atoms with Crippen molar-refractivity contribution in [2.24, 2.45) is 0 Å². The summed E-state index contributed by atoms with van der Waals surface area (Å²) >= 11 is 0. The summed E-state index contributed by atoms with van der Waals surface area (Å²) in [6, 6.07) is 20.9. The Morgan fingerprint density at radius 3 is 1.83 bits per heavy atom. The van der Waals surface area contributed by atoms with Crippen LogP contribution in [-0.2, 0) is 13.1 Å². The van der Waals surface area contributed by atoms with Gasteiger partial charge in [0.1, 0.15) is 0 Å². The molecule has 3 rings (SSSR count). The zero-order valence-electron chi connectivity index (χ0n) is 13.0. The first-order valence-corrected chi connectivity index (χ1v) is 7.77. The average molecular weight is 301 g/mol. The highest BCUT2D eigenvalue weighted by Gasteiger charge is 2.14. The number of hydrogen-bond donors (Lipinski definition) is 0. The van der Waals surface area contributed by atoms with Gasteiger partial charge >= 0.3 is 0 Å². The largest absolute Gasteiger partial charge is 0.363 e. The SMILES string of the molecule is [N-]=[N+]=C1C=CC(N(Cc2ccccc2)Cc2ccccc2)=CC1. The Labute approximate surface area is 136 Å². The molecule has 0 aliphatic heterocycles. The van der Waals surface area contributed by atoms with Crippen molar-refractivity contribution in [3.8, 4) is 0 Å². The number of benzene rings is 2. The lowest BCUT2D eigenvalue weighted by Crippen LogP contribution is -2.23. The highest BCUT2D eigenvalue weighted by Crippen LogP contribution is 2.19. The van der Waals surface area contributed by atoms with Crippen LogP contribution >= 0.6 is 0 Å². The van der Waals surface area contributed by atoms with Crippen LogP contribution in [-0.4, -0.2) is 15.4 Å². The monoisotopic (exact) mass is 301 g/mol. The van der Waals surface area contributed by atoms with Gasteiger partial charge in [-0.15, -0.1) is 0 Å². The lowest BCUT2D eigenvalue weighted by atomic mass is 10.1. The normalized spacial score (nSPS) is 13.4. The summed E-state index contributed by atoms with van der Waals surface area (Å²) in [7, 11) is 0. The van der Waals surface area contributed by atoms with Crippen molar-refractivity contribution in [3.63, 3.8) is 0 Å². The van der Waals surface area contributed by atoms with Crippen LogP contribution in [0.1, 0.15) is 17.5 Å². The third-order valence-electron chi connectivity index (χ3n) is 3.89. The minimum absolute atomic E-state index is 0.655. The summed E-state index contributed by atoms with van der Waals surface area (Å²) in [5, 5.41) is 0. The molecule has 0 aromatic heterocycles. The van der Waals surface area contributed by atoms with E-state index in [1.54, 1.807) is 0 Å². The van der Waals surface area contributed by atoms with E-state index in [2.05, 4.69) is 64.3 Å². The topological polar surface area (TPSA) is 39.6 Å². The Bertz CT molecular complexity index is 712. The molecule has 1 aliphatic rings. The quantitative estimate of drug-likeness (QED) is 0.602. The first-order valence-electron chi connectivity index (χ1n) is 7.77. The summed E-state index contributed by atoms with van der Waals surface area (Å²) in [4.78, 5) is 5.62. The molecule has 0 spiro atoms. The highest BCUT2D eigenvalue weighted by atomic mass is 15.1. The van der Waals surface area contributed by atoms with E-state index in [0.717, 1.165) is 18.8 Å². The summed E-state index contributed by atoms with van der Waals surface area (Å²) in [5.74, 6) is 0. The highest BCUT2D eigenvalue weighted by molar-refractivity contribution is 5.93. The van der Waals surface area contributed by atoms with E-state index in [1.807, 2.05) is 24.3 Å². The van der Waals surface area contributed by atoms with Gasteiger partial charge in [-0.25, -0.2) is 0 Å². The Morgan fingerprint density at radius 1 is 0.826 bits per heavy atom. The molecule has 23 heavy (non-hydrogen) atoms. The van der Waals surface area contributed by atoms with Gasteiger partial charge in [0.25, 0.3) is 5.71 Å². The smallest absolute Gasteiger partial charge is 0.295 e. The van der Waals surface area contributed by atoms with E-state index in [-0.39, 0.29) is 0 Å². The van der Waals surface area contributed by atoms with Crippen molar-refractivity contribution in [2.75, 3.05) is 0 Å². The predicted octanol–water partition coefficient (Wildman–Crippen LogP) is 4.20. The van der Waals surface area contributed by atoms with Crippen molar-refractivity contribution in [3.05, 3.63) is 101 Å². The van der Waals surface area contributed by atoms with Gasteiger partial charge in [0.2, 0.25) is 0 Å². The van der Waals surface area contributed by atoms with Crippen molar-refractivity contribution in [1.82, 2.24) is 4.90 Å². The minimum Gasteiger partial charge on any atom is -0.363 e. The Kier molecular flexibility index (Phi) is 4.82. The van der Waals surface area contributed by atoms with E-state index in [1.165, 1.54) is 11.1 Å². The number of rotatable bonds is 5. The average Bonchev–Trinajstić information content (AvgIpc) is 2.63. The van der Waals surface area contributed by atoms with Crippen molar-refractivity contribution in [1.29, 1.82) is 0 Å². The summed E-state index contributed by atoms with van der Waals surface area (Å²) in [6.07, 6.45) is 6.66. The van der Waals surface area contributed by atoms with Crippen LogP contribution in [0.3, 0.4) is 0 Å². The Hall–Kier alpha value is -2.90. The van der Waals surface area contributed by atoms with Gasteiger partial charge in [0.15, 0.2) is 0 Å². The van der Waals surface area contributed by atoms with Gasteiger partial charge in [0.05, 0.1) is 6.42 Å². The zero-order chi connectivity index (χ0) is 15.9. The van der Waals surface area contributed by atoms with Gasteiger partial charge < -0.3 is 10.4 Å². The van der Waals surface area contributed by atoms with Crippen LogP contribution in [0.2, 0.25) is 0 Å². The lowest BCUT2D eigenvalue weighted by Gasteiger charge is -2.27. The molecule has 0 heterocycles. The molecule has 3 heteroatoms. The Morgan fingerprint density at radius 2 is 1.39 bits per heavy atom. The van der Waals surface area contributed by atoms with Crippen LogP contribution in [0.15, 0.2) is 84.6 Å². The van der Waals surface area contributed by atoms with Gasteiger partial charge in [-0.05, 0) is 23.3 Å². The summed E-state index contributed by atoms with van der Waals surface area (Å²) < 4.78 is 0. The van der Waals surface area contributed by atoms with Gasteiger partial charge in [-0.3, -0.25) is 0 Å². The molecular formula is C20H19N3. The molecule has 1 aliphatic carbocycles. The second-order valence-corrected chi connectivity index (χ2v) is 5.59. The zero-order valence-corrected chi connectivity index (χ0v) is 13.0. The first kappa shape index (κ1) is 15.0. The predicted molar refractivity (Wildman–Crippen MR) is 92.6 cm³/mol. The van der Waals surface area contributed by atoms with Crippen LogP contribution < -0.4 is 0 Å². The number of hydrogen-bond acceptors (Lipinski definition) is 1. The number of allylic oxidation sites excluding steroid dienone is 3. The Balaban J connectivity index is 1.83. The van der Waals surface area contributed by atoms with E-state index in [0.29, 0.717) is 12.1 Å². The molecular weight excluding hydrogens is 282 g/mol. The molecule has 3 nitrogen and oxygen atoms in total. The molecule has 0 amide bonds. The lowest BCUT2D eigenvalue weighted by molar-refractivity contribution is -0.00547. The maximum absolute atomic E-state index is 8.88. The molecule has 0 unspecified atom stereocenters. The van der Waals surface area contributed by atoms with Crippen molar-refractivity contribution < 1.29 is 4.79 Å². The molecule has 2 aromatic carbocycles. The first-order chi connectivity index (χ1) is 11.3. The number of nitrogens with zero attached hydrogens (tertiary/aromatic N) is 3. The molecule has 0 radical (unpaired) electrons. The summed E-state index contributed by atoms with van der Waals surface area (Å²) in [5.41, 5.74) is 13.3. The minimum atomic E-state index is 0.655. The molecule has 0 saturated heterocycles. The molecule has 0 N–H and O–H groups in total. The second-order valence-electron chi connectivity index (χ2n) is 5.59. The van der Waals surface area contributed by atoms with Crippen molar-refractivity contribution in [2.45, 2.75) is 19.5 Å². The van der Waals surface area contributed by atoms with Crippen LogP contribution in [0.5, 0.6) is 0 Å². The van der Waals surface area contributed by atoms with Crippen LogP contribution in [0.25, 0.3) is 5.53 Å². The molecule has 0 fully saturated rings. The third-order valence-corrected chi connectivity index (χ3v) is 3.89. The maximum atomic E-state index is 8.88. The molecule has 0 atom stereocenters. The molecule has 2 aromatic rings. The third kappa shape index (κ3) is 4.06. The van der Waals surface area contributed by atoms with Gasteiger partial charge in [0, 0.05) is 24.9 Å². The van der Waals surface area contributed by atoms with E-state index < -0.39 is 0 Å². The van der Waals surface area contributed by atoms with Crippen LogP contribution in [0, 0.1) is 0 Å². The van der Waals surface area contributed by atoms with Crippen LogP contribution in [0.4, 0.5) is 0 Å². The fourth-order valence-corrected chi connectivity index (χ4v) is 2.68. The fraction of sp³-hybridized carbons (Fsp3) is 0.150. The van der Waals surface area contributed by atoms with E-state index in [4.69, 9.17) is 5.53 Å². The summed E-state index contributed by atoms with van der Waals surface area (Å²) in [6.45, 7) is 1.69. The van der Waals surface area contributed by atoms with Gasteiger partial charge in [-0.1, -0.05) is 60.7 Å². The van der Waals surface area contributed by atoms with E-state index >= 15 is 0 Å². The van der Waals surface area contributed by atoms with Gasteiger partial charge in [-0.2, -0.15) is 4.79 Å². The van der Waals surface area contributed by atoms with Crippen molar-refractivity contribution >= 4 is 5.71 Å². The molecule has 114 valence electrons. The standard InChI is InChI=1S/C20H19N3/c21-22-19-11-13-20(14-12-19)23(15-17-7-3-1-4-8-17)16-18-9-5-2-6-10-18/h1-11,13-14H,12,15-16H2. The molecule has 0 saturated carbocycles. The maximum Gasteiger partial charge on any atom is 0.295 e. The van der Waals surface area contributed by atoms with E-state index in [9.17, 15) is 0 Å². The second kappa shape index (κ2) is 7.39. The fourth-order valence-electron chi connectivity index (χ4n) is 2.68.